The Morgan fingerprint density at radius 3 is 2.81 bits per heavy atom. The van der Waals surface area contributed by atoms with Gasteiger partial charge in [0.05, 0.1) is 24.5 Å². The first-order valence-electron chi connectivity index (χ1n) is 9.39. The lowest BCUT2D eigenvalue weighted by atomic mass is 10.0. The number of hydrogen-bond acceptors (Lipinski definition) is 6. The summed E-state index contributed by atoms with van der Waals surface area (Å²) in [6.07, 6.45) is 4.54. The molecule has 2 aliphatic heterocycles. The molecule has 0 bridgehead atoms. The lowest BCUT2D eigenvalue weighted by molar-refractivity contribution is -0.137. The molecule has 9 heteroatoms. The fraction of sp³-hybridized carbons (Fsp3) is 0.611. The second-order valence-corrected chi connectivity index (χ2v) is 7.36. The number of nitrogens with zero attached hydrogens (tertiary/aromatic N) is 6. The summed E-state index contributed by atoms with van der Waals surface area (Å²) >= 11 is 0. The molecule has 2 aliphatic rings. The normalized spacial score (nSPS) is 17.6. The van der Waals surface area contributed by atoms with Gasteiger partial charge in [0.25, 0.3) is 0 Å². The van der Waals surface area contributed by atoms with Crippen LogP contribution in [-0.4, -0.2) is 61.4 Å². The molecule has 0 aromatic carbocycles. The van der Waals surface area contributed by atoms with Crippen LogP contribution in [0.4, 0.5) is 0 Å². The van der Waals surface area contributed by atoms with E-state index in [1.165, 1.54) is 0 Å². The molecular weight excluding hydrogens is 348 g/mol. The van der Waals surface area contributed by atoms with Crippen LogP contribution in [0.1, 0.15) is 48.0 Å². The molecule has 144 valence electrons. The van der Waals surface area contributed by atoms with Gasteiger partial charge < -0.3 is 14.3 Å². The Balaban J connectivity index is 1.25. The minimum absolute atomic E-state index is 0.134. The Morgan fingerprint density at radius 1 is 1.33 bits per heavy atom. The van der Waals surface area contributed by atoms with E-state index >= 15 is 0 Å². The van der Waals surface area contributed by atoms with Crippen molar-refractivity contribution in [1.29, 1.82) is 0 Å². The zero-order chi connectivity index (χ0) is 19.0. The zero-order valence-electron chi connectivity index (χ0n) is 15.7. The molecule has 2 saturated heterocycles. The molecule has 27 heavy (non-hydrogen) atoms. The molecule has 0 unspecified atom stereocenters. The smallest absolute Gasteiger partial charge is 0.223 e. The third kappa shape index (κ3) is 3.58. The van der Waals surface area contributed by atoms with Crippen molar-refractivity contribution in [2.24, 2.45) is 0 Å². The quantitative estimate of drug-likeness (QED) is 0.751. The molecule has 0 atom stereocenters. The van der Waals surface area contributed by atoms with E-state index in [0.29, 0.717) is 38.9 Å². The van der Waals surface area contributed by atoms with Crippen LogP contribution in [0.25, 0.3) is 0 Å². The molecule has 2 fully saturated rings. The van der Waals surface area contributed by atoms with Crippen molar-refractivity contribution in [2.45, 2.75) is 52.1 Å². The maximum atomic E-state index is 12.4. The SMILES string of the molecule is Cc1noc(C)c1CCC(=O)N1CC(n2cc(CN3CCCC3=O)nn2)C1. The van der Waals surface area contributed by atoms with Crippen LogP contribution in [0.15, 0.2) is 10.7 Å². The molecule has 0 aliphatic carbocycles. The topological polar surface area (TPSA) is 97.4 Å². The highest BCUT2D eigenvalue weighted by Crippen LogP contribution is 2.23. The highest BCUT2D eigenvalue weighted by atomic mass is 16.5. The average Bonchev–Trinajstić information content (AvgIpc) is 3.29. The lowest BCUT2D eigenvalue weighted by Crippen LogP contribution is -2.51. The molecule has 9 nitrogen and oxygen atoms in total. The largest absolute Gasteiger partial charge is 0.361 e. The fourth-order valence-corrected chi connectivity index (χ4v) is 3.71. The van der Waals surface area contributed by atoms with E-state index in [0.717, 1.165) is 35.7 Å². The number of aromatic nitrogens is 4. The maximum absolute atomic E-state index is 12.4. The van der Waals surface area contributed by atoms with Gasteiger partial charge in [-0.2, -0.15) is 0 Å². The molecular formula is C18H24N6O3. The predicted octanol–water partition coefficient (Wildman–Crippen LogP) is 1.02. The van der Waals surface area contributed by atoms with Crippen LogP contribution >= 0.6 is 0 Å². The number of likely N-dealkylation sites (tertiary alicyclic amines) is 2. The van der Waals surface area contributed by atoms with Crippen LogP contribution in [0.3, 0.4) is 0 Å². The first kappa shape index (κ1) is 17.7. The molecule has 4 heterocycles. The molecule has 2 amide bonds. The van der Waals surface area contributed by atoms with Crippen molar-refractivity contribution in [3.8, 4) is 0 Å². The van der Waals surface area contributed by atoms with E-state index in [1.807, 2.05) is 34.5 Å². The van der Waals surface area contributed by atoms with Gasteiger partial charge in [0.1, 0.15) is 11.5 Å². The van der Waals surface area contributed by atoms with Gasteiger partial charge in [-0.05, 0) is 26.7 Å². The second-order valence-electron chi connectivity index (χ2n) is 7.36. The molecule has 0 spiro atoms. The highest BCUT2D eigenvalue weighted by molar-refractivity contribution is 5.78. The average molecular weight is 372 g/mol. The predicted molar refractivity (Wildman–Crippen MR) is 94.6 cm³/mol. The number of rotatable bonds is 6. The van der Waals surface area contributed by atoms with Gasteiger partial charge in [-0.25, -0.2) is 4.68 Å². The Bertz CT molecular complexity index is 832. The Labute approximate surface area is 157 Å². The van der Waals surface area contributed by atoms with Gasteiger partial charge in [0.2, 0.25) is 11.8 Å². The molecule has 0 radical (unpaired) electrons. The Morgan fingerprint density at radius 2 is 2.15 bits per heavy atom. The van der Waals surface area contributed by atoms with Crippen molar-refractivity contribution in [3.63, 3.8) is 0 Å². The van der Waals surface area contributed by atoms with Gasteiger partial charge >= 0.3 is 0 Å². The third-order valence-electron chi connectivity index (χ3n) is 5.44. The standard InChI is InChI=1S/C18H24N6O3/c1-12-16(13(2)27-20-12)5-6-18(26)23-10-15(11-23)24-9-14(19-21-24)8-22-7-3-4-17(22)25/h9,15H,3-8,10-11H2,1-2H3. The van der Waals surface area contributed by atoms with Crippen molar-refractivity contribution in [1.82, 2.24) is 30.0 Å². The van der Waals surface area contributed by atoms with Crippen molar-refractivity contribution < 1.29 is 14.1 Å². The second kappa shape index (κ2) is 7.13. The zero-order valence-corrected chi connectivity index (χ0v) is 15.7. The Hall–Kier alpha value is -2.71. The van der Waals surface area contributed by atoms with Crippen LogP contribution < -0.4 is 0 Å². The van der Waals surface area contributed by atoms with Crippen molar-refractivity contribution in [2.75, 3.05) is 19.6 Å². The monoisotopic (exact) mass is 372 g/mol. The molecule has 2 aromatic heterocycles. The summed E-state index contributed by atoms with van der Waals surface area (Å²) in [5.41, 5.74) is 2.68. The Kier molecular flexibility index (Phi) is 4.67. The number of hydrogen-bond donors (Lipinski definition) is 0. The van der Waals surface area contributed by atoms with E-state index in [1.54, 1.807) is 0 Å². The molecule has 0 N–H and O–H groups in total. The first-order chi connectivity index (χ1) is 13.0. The summed E-state index contributed by atoms with van der Waals surface area (Å²) in [6.45, 7) is 6.37. The van der Waals surface area contributed by atoms with Gasteiger partial charge in [-0.15, -0.1) is 5.10 Å². The van der Waals surface area contributed by atoms with E-state index < -0.39 is 0 Å². The molecule has 4 rings (SSSR count). The van der Waals surface area contributed by atoms with Crippen LogP contribution in [0.2, 0.25) is 0 Å². The summed E-state index contributed by atoms with van der Waals surface area (Å²) in [4.78, 5) is 27.7. The van der Waals surface area contributed by atoms with Gasteiger partial charge in [0.15, 0.2) is 0 Å². The highest BCUT2D eigenvalue weighted by Gasteiger charge is 2.33. The molecule has 0 saturated carbocycles. The fourth-order valence-electron chi connectivity index (χ4n) is 3.71. The summed E-state index contributed by atoms with van der Waals surface area (Å²) in [7, 11) is 0. The first-order valence-corrected chi connectivity index (χ1v) is 9.39. The van der Waals surface area contributed by atoms with E-state index in [4.69, 9.17) is 4.52 Å². The lowest BCUT2D eigenvalue weighted by Gasteiger charge is -2.39. The summed E-state index contributed by atoms with van der Waals surface area (Å²) in [6, 6.07) is 0.156. The third-order valence-corrected chi connectivity index (χ3v) is 5.44. The summed E-state index contributed by atoms with van der Waals surface area (Å²) < 4.78 is 6.96. The van der Waals surface area contributed by atoms with E-state index in [9.17, 15) is 9.59 Å². The number of aryl methyl sites for hydroxylation is 2. The van der Waals surface area contributed by atoms with Gasteiger partial charge in [-0.3, -0.25) is 9.59 Å². The van der Waals surface area contributed by atoms with Crippen molar-refractivity contribution in [3.05, 3.63) is 28.9 Å². The van der Waals surface area contributed by atoms with Crippen LogP contribution in [-0.2, 0) is 22.6 Å². The number of carbonyl (C=O) groups excluding carboxylic acids is 2. The number of amides is 2. The van der Waals surface area contributed by atoms with E-state index in [2.05, 4.69) is 15.5 Å². The summed E-state index contributed by atoms with van der Waals surface area (Å²) in [5.74, 6) is 1.10. The van der Waals surface area contributed by atoms with E-state index in [-0.39, 0.29) is 17.9 Å². The van der Waals surface area contributed by atoms with Gasteiger partial charge in [-0.1, -0.05) is 10.4 Å². The van der Waals surface area contributed by atoms with Gasteiger partial charge in [0, 0.05) is 38.0 Å². The minimum Gasteiger partial charge on any atom is -0.361 e. The minimum atomic E-state index is 0.134. The maximum Gasteiger partial charge on any atom is 0.223 e. The van der Waals surface area contributed by atoms with Crippen molar-refractivity contribution >= 4 is 11.8 Å². The molecule has 2 aromatic rings. The van der Waals surface area contributed by atoms with Crippen LogP contribution in [0.5, 0.6) is 0 Å². The van der Waals surface area contributed by atoms with Crippen LogP contribution in [0, 0.1) is 13.8 Å². The summed E-state index contributed by atoms with van der Waals surface area (Å²) in [5, 5.41) is 12.3. The number of carbonyl (C=O) groups is 2.